The Hall–Kier alpha value is -3.15. The van der Waals surface area contributed by atoms with Gasteiger partial charge in [-0.25, -0.2) is 0 Å². The van der Waals surface area contributed by atoms with E-state index in [2.05, 4.69) is 22.8 Å². The molecule has 0 radical (unpaired) electrons. The summed E-state index contributed by atoms with van der Waals surface area (Å²) in [5.74, 6) is -0.366. The van der Waals surface area contributed by atoms with Crippen molar-refractivity contribution in [3.8, 4) is 5.75 Å². The molecule has 0 aliphatic heterocycles. The van der Waals surface area contributed by atoms with Crippen LogP contribution in [0.2, 0.25) is 0 Å². The maximum atomic E-state index is 12.2. The molecule has 1 atom stereocenters. The van der Waals surface area contributed by atoms with Gasteiger partial charge in [-0.1, -0.05) is 30.3 Å². The van der Waals surface area contributed by atoms with Gasteiger partial charge in [-0.15, -0.1) is 0 Å². The Morgan fingerprint density at radius 3 is 2.39 bits per heavy atom. The highest BCUT2D eigenvalue weighted by atomic mass is 16.5. The fourth-order valence-electron chi connectivity index (χ4n) is 2.71. The lowest BCUT2D eigenvalue weighted by Gasteiger charge is -2.16. The molecule has 0 fully saturated rings. The normalized spacial score (nSPS) is 11.4. The first kappa shape index (κ1) is 21.2. The molecule has 0 heterocycles. The van der Waals surface area contributed by atoms with Gasteiger partial charge in [0.25, 0.3) is 5.91 Å². The summed E-state index contributed by atoms with van der Waals surface area (Å²) < 4.78 is 5.58. The second-order valence-corrected chi connectivity index (χ2v) is 6.73. The summed E-state index contributed by atoms with van der Waals surface area (Å²) in [6.45, 7) is 4.56. The molecule has 0 spiro atoms. The number of hydrogen-bond donors (Lipinski definition) is 2. The van der Waals surface area contributed by atoms with Crippen molar-refractivity contribution in [2.45, 2.75) is 39.7 Å². The summed E-state index contributed by atoms with van der Waals surface area (Å²) in [4.78, 5) is 35.1. The van der Waals surface area contributed by atoms with E-state index in [1.165, 1.54) is 25.5 Å². The maximum Gasteiger partial charge on any atom is 0.258 e. The molecule has 6 heteroatoms. The molecule has 0 saturated carbocycles. The number of nitrogens with one attached hydrogen (secondary N) is 2. The molecular formula is C22H26N2O4. The van der Waals surface area contributed by atoms with Crippen LogP contribution < -0.4 is 15.4 Å². The number of rotatable bonds is 9. The molecule has 148 valence electrons. The van der Waals surface area contributed by atoms with Crippen molar-refractivity contribution in [2.75, 3.05) is 11.9 Å². The summed E-state index contributed by atoms with van der Waals surface area (Å²) >= 11 is 0. The molecule has 0 aromatic heterocycles. The predicted octanol–water partition coefficient (Wildman–Crippen LogP) is 3.36. The molecule has 6 nitrogen and oxygen atoms in total. The highest BCUT2D eigenvalue weighted by molar-refractivity contribution is 5.96. The first-order valence-electron chi connectivity index (χ1n) is 9.24. The highest BCUT2D eigenvalue weighted by Gasteiger charge is 2.13. The van der Waals surface area contributed by atoms with E-state index in [1.807, 2.05) is 25.1 Å². The van der Waals surface area contributed by atoms with E-state index in [-0.39, 0.29) is 36.0 Å². The average molecular weight is 382 g/mol. The number of ketones is 1. The fourth-order valence-corrected chi connectivity index (χ4v) is 2.71. The Bertz CT molecular complexity index is 834. The molecular weight excluding hydrogens is 356 g/mol. The largest absolute Gasteiger partial charge is 0.482 e. The van der Waals surface area contributed by atoms with E-state index in [1.54, 1.807) is 12.1 Å². The van der Waals surface area contributed by atoms with Gasteiger partial charge in [0, 0.05) is 18.5 Å². The molecule has 0 bridgehead atoms. The lowest BCUT2D eigenvalue weighted by Crippen LogP contribution is -2.36. The van der Waals surface area contributed by atoms with Crippen LogP contribution in [0.1, 0.15) is 43.1 Å². The molecule has 2 rings (SSSR count). The number of hydrogen-bond acceptors (Lipinski definition) is 4. The van der Waals surface area contributed by atoms with Crippen LogP contribution in [-0.2, 0) is 16.0 Å². The molecule has 2 amide bonds. The number of amides is 2. The number of aryl methyl sites for hydroxylation is 1. The number of ether oxygens (including phenoxy) is 1. The van der Waals surface area contributed by atoms with Gasteiger partial charge in [0.2, 0.25) is 5.91 Å². The van der Waals surface area contributed by atoms with Crippen LogP contribution in [0.15, 0.2) is 48.5 Å². The fraction of sp³-hybridized carbons (Fsp3) is 0.318. The molecule has 2 N–H and O–H groups in total. The van der Waals surface area contributed by atoms with Gasteiger partial charge in [0.15, 0.2) is 12.4 Å². The third-order valence-corrected chi connectivity index (χ3v) is 4.17. The average Bonchev–Trinajstić information content (AvgIpc) is 2.65. The Morgan fingerprint density at radius 2 is 1.75 bits per heavy atom. The van der Waals surface area contributed by atoms with E-state index in [9.17, 15) is 14.4 Å². The Balaban J connectivity index is 1.90. The molecule has 0 unspecified atom stereocenters. The van der Waals surface area contributed by atoms with Crippen molar-refractivity contribution in [3.05, 3.63) is 59.7 Å². The van der Waals surface area contributed by atoms with Gasteiger partial charge in [0.05, 0.1) is 5.69 Å². The molecule has 0 aliphatic rings. The van der Waals surface area contributed by atoms with E-state index >= 15 is 0 Å². The van der Waals surface area contributed by atoms with Gasteiger partial charge in [-0.05, 0) is 50.5 Å². The molecule has 2 aromatic carbocycles. The quantitative estimate of drug-likeness (QED) is 0.651. The van der Waals surface area contributed by atoms with Gasteiger partial charge < -0.3 is 15.4 Å². The van der Waals surface area contributed by atoms with E-state index in [4.69, 9.17) is 4.74 Å². The summed E-state index contributed by atoms with van der Waals surface area (Å²) in [6, 6.07) is 14.8. The Morgan fingerprint density at radius 1 is 1.04 bits per heavy atom. The SMILES string of the molecule is CC(=O)Nc1ccc(C(C)=O)cc1OCC(=O)N[C@@H](C)CCc1ccccc1. The molecule has 0 aliphatic carbocycles. The van der Waals surface area contributed by atoms with Crippen LogP contribution in [0, 0.1) is 0 Å². The number of Topliss-reactive ketones (excluding diaryl/α,β-unsaturated/α-hetero) is 1. The Labute approximate surface area is 165 Å². The zero-order valence-electron chi connectivity index (χ0n) is 16.5. The van der Waals surface area contributed by atoms with Gasteiger partial charge in [0.1, 0.15) is 5.75 Å². The van der Waals surface area contributed by atoms with Crippen LogP contribution in [0.3, 0.4) is 0 Å². The topological polar surface area (TPSA) is 84.5 Å². The third kappa shape index (κ3) is 6.87. The van der Waals surface area contributed by atoms with Crippen molar-refractivity contribution in [1.29, 1.82) is 0 Å². The highest BCUT2D eigenvalue weighted by Crippen LogP contribution is 2.26. The van der Waals surface area contributed by atoms with Gasteiger partial charge in [-0.3, -0.25) is 14.4 Å². The third-order valence-electron chi connectivity index (χ3n) is 4.17. The molecule has 2 aromatic rings. The minimum atomic E-state index is -0.264. The number of anilines is 1. The second-order valence-electron chi connectivity index (χ2n) is 6.73. The van der Waals surface area contributed by atoms with Gasteiger partial charge >= 0.3 is 0 Å². The molecule has 0 saturated heterocycles. The summed E-state index contributed by atoms with van der Waals surface area (Å²) in [6.07, 6.45) is 1.68. The second kappa shape index (κ2) is 10.3. The van der Waals surface area contributed by atoms with Crippen molar-refractivity contribution in [2.24, 2.45) is 0 Å². The Kier molecular flexibility index (Phi) is 7.75. The zero-order chi connectivity index (χ0) is 20.5. The van der Waals surface area contributed by atoms with Crippen molar-refractivity contribution >= 4 is 23.3 Å². The summed E-state index contributed by atoms with van der Waals surface area (Å²) in [5, 5.41) is 5.54. The summed E-state index contributed by atoms with van der Waals surface area (Å²) in [7, 11) is 0. The predicted molar refractivity (Wildman–Crippen MR) is 109 cm³/mol. The van der Waals surface area contributed by atoms with Crippen LogP contribution >= 0.6 is 0 Å². The van der Waals surface area contributed by atoms with Crippen LogP contribution in [0.5, 0.6) is 5.75 Å². The number of benzene rings is 2. The van der Waals surface area contributed by atoms with Crippen LogP contribution in [0.25, 0.3) is 0 Å². The van der Waals surface area contributed by atoms with E-state index in [0.717, 1.165) is 12.8 Å². The first-order chi connectivity index (χ1) is 13.3. The van der Waals surface area contributed by atoms with Crippen molar-refractivity contribution in [3.63, 3.8) is 0 Å². The molecule has 28 heavy (non-hydrogen) atoms. The number of carbonyl (C=O) groups excluding carboxylic acids is 3. The monoisotopic (exact) mass is 382 g/mol. The summed E-state index contributed by atoms with van der Waals surface area (Å²) in [5.41, 5.74) is 2.09. The lowest BCUT2D eigenvalue weighted by atomic mass is 10.1. The maximum absolute atomic E-state index is 12.2. The van der Waals surface area contributed by atoms with E-state index < -0.39 is 0 Å². The van der Waals surface area contributed by atoms with E-state index in [0.29, 0.717) is 11.3 Å². The minimum Gasteiger partial charge on any atom is -0.482 e. The van der Waals surface area contributed by atoms with Crippen molar-refractivity contribution < 1.29 is 19.1 Å². The smallest absolute Gasteiger partial charge is 0.258 e. The van der Waals surface area contributed by atoms with Gasteiger partial charge in [-0.2, -0.15) is 0 Å². The standard InChI is InChI=1S/C22H26N2O4/c1-15(9-10-18-7-5-4-6-8-18)23-22(27)14-28-21-13-19(16(2)25)11-12-20(21)24-17(3)26/h4-8,11-13,15H,9-10,14H2,1-3H3,(H,23,27)(H,24,26)/t15-/m0/s1. The van der Waals surface area contributed by atoms with Crippen LogP contribution in [-0.4, -0.2) is 30.2 Å². The zero-order valence-corrected chi connectivity index (χ0v) is 16.5. The van der Waals surface area contributed by atoms with Crippen LogP contribution in [0.4, 0.5) is 5.69 Å². The first-order valence-corrected chi connectivity index (χ1v) is 9.24. The number of carbonyl (C=O) groups is 3. The minimum absolute atomic E-state index is 0.00493. The lowest BCUT2D eigenvalue weighted by molar-refractivity contribution is -0.123. The van der Waals surface area contributed by atoms with Crippen molar-refractivity contribution in [1.82, 2.24) is 5.32 Å².